The first-order valence-corrected chi connectivity index (χ1v) is 5.60. The quantitative estimate of drug-likeness (QED) is 0.608. The summed E-state index contributed by atoms with van der Waals surface area (Å²) in [5.74, 6) is -0.349. The van der Waals surface area contributed by atoms with Gasteiger partial charge in [0.2, 0.25) is 5.91 Å². The summed E-state index contributed by atoms with van der Waals surface area (Å²) in [6, 6.07) is -0.478. The zero-order valence-corrected chi connectivity index (χ0v) is 9.92. The lowest BCUT2D eigenvalue weighted by molar-refractivity contribution is -0.168. The molecule has 2 aliphatic heterocycles. The molecular formula is C11H18N2O3. The summed E-state index contributed by atoms with van der Waals surface area (Å²) >= 11 is 0. The highest BCUT2D eigenvalue weighted by Crippen LogP contribution is 2.37. The van der Waals surface area contributed by atoms with Gasteiger partial charge in [-0.3, -0.25) is 9.59 Å². The molecule has 1 spiro atoms. The van der Waals surface area contributed by atoms with Crippen molar-refractivity contribution in [3.8, 4) is 0 Å². The van der Waals surface area contributed by atoms with Crippen LogP contribution >= 0.6 is 0 Å². The molecule has 2 fully saturated rings. The number of esters is 1. The number of rotatable bonds is 1. The van der Waals surface area contributed by atoms with E-state index >= 15 is 0 Å². The molecule has 2 N–H and O–H groups in total. The molecule has 5 nitrogen and oxygen atoms in total. The summed E-state index contributed by atoms with van der Waals surface area (Å²) in [5, 5.41) is 5.77. The number of ether oxygens (including phenoxy) is 1. The molecule has 0 aromatic heterocycles. The zero-order chi connectivity index (χ0) is 12.0. The van der Waals surface area contributed by atoms with Gasteiger partial charge in [-0.05, 0) is 27.2 Å². The molecule has 2 saturated heterocycles. The summed E-state index contributed by atoms with van der Waals surface area (Å²) in [4.78, 5) is 23.6. The summed E-state index contributed by atoms with van der Waals surface area (Å²) in [6.07, 6.45) is 0.711. The van der Waals surface area contributed by atoms with Gasteiger partial charge >= 0.3 is 5.97 Å². The van der Waals surface area contributed by atoms with Gasteiger partial charge in [-0.2, -0.15) is 0 Å². The summed E-state index contributed by atoms with van der Waals surface area (Å²) in [6.45, 7) is 6.70. The van der Waals surface area contributed by atoms with Crippen molar-refractivity contribution in [2.75, 3.05) is 13.1 Å². The van der Waals surface area contributed by atoms with Crippen LogP contribution in [0.25, 0.3) is 0 Å². The molecule has 5 heteroatoms. The van der Waals surface area contributed by atoms with Crippen molar-refractivity contribution < 1.29 is 14.3 Å². The lowest BCUT2D eigenvalue weighted by atomic mass is 9.72. The van der Waals surface area contributed by atoms with Crippen molar-refractivity contribution in [3.63, 3.8) is 0 Å². The standard InChI is InChI=1S/C11H18N2O3/c1-10(2,3)16-8(14)7-11(6-13-7)4-5-12-9(11)15/h7,13H,4-6H2,1-3H3,(H,12,15). The second kappa shape index (κ2) is 3.45. The van der Waals surface area contributed by atoms with Crippen LogP contribution in [0.15, 0.2) is 0 Å². The molecule has 2 unspecified atom stereocenters. The second-order valence-corrected chi connectivity index (χ2v) is 5.51. The van der Waals surface area contributed by atoms with E-state index in [4.69, 9.17) is 4.74 Å². The van der Waals surface area contributed by atoms with Gasteiger partial charge in [0.1, 0.15) is 11.6 Å². The van der Waals surface area contributed by atoms with Crippen LogP contribution in [0.3, 0.4) is 0 Å². The predicted octanol–water partition coefficient (Wildman–Crippen LogP) is -0.194. The molecule has 16 heavy (non-hydrogen) atoms. The second-order valence-electron chi connectivity index (χ2n) is 5.51. The fraction of sp³-hybridized carbons (Fsp3) is 0.818. The van der Waals surface area contributed by atoms with E-state index in [0.29, 0.717) is 19.5 Å². The number of amides is 1. The van der Waals surface area contributed by atoms with E-state index in [1.165, 1.54) is 0 Å². The third kappa shape index (κ3) is 1.69. The van der Waals surface area contributed by atoms with Crippen LogP contribution in [0.2, 0.25) is 0 Å². The van der Waals surface area contributed by atoms with E-state index in [1.807, 2.05) is 20.8 Å². The van der Waals surface area contributed by atoms with E-state index in [1.54, 1.807) is 0 Å². The minimum atomic E-state index is -0.553. The fourth-order valence-corrected chi connectivity index (χ4v) is 2.25. The monoisotopic (exact) mass is 226 g/mol. The van der Waals surface area contributed by atoms with Gasteiger partial charge in [-0.25, -0.2) is 0 Å². The Hall–Kier alpha value is -1.10. The number of hydrogen-bond acceptors (Lipinski definition) is 4. The summed E-state index contributed by atoms with van der Waals surface area (Å²) in [7, 11) is 0. The van der Waals surface area contributed by atoms with Gasteiger partial charge in [0.05, 0.1) is 5.41 Å². The number of nitrogens with one attached hydrogen (secondary N) is 2. The highest BCUT2D eigenvalue weighted by Gasteiger charge is 2.59. The van der Waals surface area contributed by atoms with Gasteiger partial charge in [-0.15, -0.1) is 0 Å². The smallest absolute Gasteiger partial charge is 0.324 e. The Morgan fingerprint density at radius 2 is 2.19 bits per heavy atom. The maximum absolute atomic E-state index is 11.9. The highest BCUT2D eigenvalue weighted by atomic mass is 16.6. The Morgan fingerprint density at radius 3 is 2.56 bits per heavy atom. The molecule has 1 amide bonds. The maximum atomic E-state index is 11.9. The molecule has 2 atom stereocenters. The van der Waals surface area contributed by atoms with Crippen LogP contribution in [-0.2, 0) is 14.3 Å². The van der Waals surface area contributed by atoms with E-state index in [0.717, 1.165) is 0 Å². The molecule has 0 aliphatic carbocycles. The van der Waals surface area contributed by atoms with Crippen molar-refractivity contribution >= 4 is 11.9 Å². The first-order valence-electron chi connectivity index (χ1n) is 5.60. The molecule has 0 bridgehead atoms. The van der Waals surface area contributed by atoms with Gasteiger partial charge in [-0.1, -0.05) is 0 Å². The van der Waals surface area contributed by atoms with Crippen LogP contribution in [0.4, 0.5) is 0 Å². The van der Waals surface area contributed by atoms with Crippen molar-refractivity contribution in [3.05, 3.63) is 0 Å². The molecular weight excluding hydrogens is 208 g/mol. The average Bonchev–Trinajstić information content (AvgIpc) is 2.43. The molecule has 2 aliphatic rings. The van der Waals surface area contributed by atoms with Crippen LogP contribution in [0.5, 0.6) is 0 Å². The Labute approximate surface area is 94.9 Å². The van der Waals surface area contributed by atoms with Crippen LogP contribution in [0.1, 0.15) is 27.2 Å². The summed E-state index contributed by atoms with van der Waals surface area (Å²) < 4.78 is 5.30. The molecule has 0 aromatic carbocycles. The lowest BCUT2D eigenvalue weighted by Gasteiger charge is -2.44. The Morgan fingerprint density at radius 1 is 1.50 bits per heavy atom. The zero-order valence-electron chi connectivity index (χ0n) is 9.92. The highest BCUT2D eigenvalue weighted by molar-refractivity contribution is 5.94. The van der Waals surface area contributed by atoms with Crippen LogP contribution in [0, 0.1) is 5.41 Å². The SMILES string of the molecule is CC(C)(C)OC(=O)C1NCC12CCNC2=O. The minimum Gasteiger partial charge on any atom is -0.459 e. The predicted molar refractivity (Wildman–Crippen MR) is 57.7 cm³/mol. The number of carbonyl (C=O) groups is 2. The van der Waals surface area contributed by atoms with Crippen molar-refractivity contribution in [1.82, 2.24) is 10.6 Å². The average molecular weight is 226 g/mol. The largest absolute Gasteiger partial charge is 0.459 e. The van der Waals surface area contributed by atoms with Crippen molar-refractivity contribution in [1.29, 1.82) is 0 Å². The number of carbonyl (C=O) groups excluding carboxylic acids is 2. The van der Waals surface area contributed by atoms with Gasteiger partial charge < -0.3 is 15.4 Å². The minimum absolute atomic E-state index is 0.0258. The van der Waals surface area contributed by atoms with Crippen LogP contribution in [-0.4, -0.2) is 36.6 Å². The molecule has 2 heterocycles. The molecule has 90 valence electrons. The van der Waals surface area contributed by atoms with Crippen molar-refractivity contribution in [2.24, 2.45) is 5.41 Å². The summed E-state index contributed by atoms with van der Waals surface area (Å²) in [5.41, 5.74) is -1.06. The van der Waals surface area contributed by atoms with Gasteiger partial charge in [0.25, 0.3) is 0 Å². The third-order valence-corrected chi connectivity index (χ3v) is 3.13. The fourth-order valence-electron chi connectivity index (χ4n) is 2.25. The number of hydrogen-bond donors (Lipinski definition) is 2. The van der Waals surface area contributed by atoms with Crippen molar-refractivity contribution in [2.45, 2.75) is 38.8 Å². The Bertz CT molecular complexity index is 335. The third-order valence-electron chi connectivity index (χ3n) is 3.13. The Kier molecular flexibility index (Phi) is 2.45. The Balaban J connectivity index is 2.06. The van der Waals surface area contributed by atoms with Crippen LogP contribution < -0.4 is 10.6 Å². The van der Waals surface area contributed by atoms with E-state index in [9.17, 15) is 9.59 Å². The van der Waals surface area contributed by atoms with Gasteiger partial charge in [0.15, 0.2) is 0 Å². The van der Waals surface area contributed by atoms with E-state index < -0.39 is 17.1 Å². The molecule has 0 aromatic rings. The van der Waals surface area contributed by atoms with E-state index in [2.05, 4.69) is 10.6 Å². The van der Waals surface area contributed by atoms with Gasteiger partial charge in [0, 0.05) is 13.1 Å². The molecule has 0 saturated carbocycles. The van der Waals surface area contributed by atoms with E-state index in [-0.39, 0.29) is 11.9 Å². The maximum Gasteiger partial charge on any atom is 0.324 e. The molecule has 0 radical (unpaired) electrons. The topological polar surface area (TPSA) is 67.4 Å². The first-order chi connectivity index (χ1) is 7.35. The normalized spacial score (nSPS) is 33.4. The first kappa shape index (κ1) is 11.4. The lowest BCUT2D eigenvalue weighted by Crippen LogP contribution is -2.69. The molecule has 2 rings (SSSR count).